The number of methoxy groups -OCH3 is 2. The molecule has 3 rings (SSSR count). The lowest BCUT2D eigenvalue weighted by molar-refractivity contribution is -0.148. The Labute approximate surface area is 202 Å². The molecule has 0 unspecified atom stereocenters. The average molecular weight is 541 g/mol. The van der Waals surface area contributed by atoms with Gasteiger partial charge in [-0.25, -0.2) is 4.79 Å². The number of hydrogen-bond donors (Lipinski definition) is 0. The van der Waals surface area contributed by atoms with Crippen LogP contribution < -0.4 is 9.47 Å². The number of carbonyl (C=O) groups excluding carboxylic acids is 3. The van der Waals surface area contributed by atoms with Crippen LogP contribution in [0.3, 0.4) is 0 Å². The molecule has 0 aliphatic carbocycles. The predicted octanol–water partition coefficient (Wildman–Crippen LogP) is 5.29. The maximum atomic E-state index is 12.7. The molecular weight excluding hydrogens is 522 g/mol. The van der Waals surface area contributed by atoms with E-state index in [1.165, 1.54) is 21.1 Å². The number of amides is 2. The molecule has 10 heteroatoms. The first-order valence-electron chi connectivity index (χ1n) is 9.34. The third kappa shape index (κ3) is 5.28. The molecule has 2 aromatic rings. The number of carbonyl (C=O) groups is 3. The van der Waals surface area contributed by atoms with Crippen LogP contribution in [0.2, 0.25) is 5.02 Å². The highest BCUT2D eigenvalue weighted by Crippen LogP contribution is 2.39. The number of esters is 1. The molecule has 7 nitrogen and oxygen atoms in total. The molecule has 0 aromatic heterocycles. The molecule has 1 atom stereocenters. The Hall–Kier alpha value is -2.49. The van der Waals surface area contributed by atoms with E-state index < -0.39 is 23.2 Å². The molecule has 168 valence electrons. The minimum atomic E-state index is -1.01. The minimum absolute atomic E-state index is 0.184. The summed E-state index contributed by atoms with van der Waals surface area (Å²) in [6, 6.07) is 9.70. The highest BCUT2D eigenvalue weighted by atomic mass is 79.9. The van der Waals surface area contributed by atoms with Crippen molar-refractivity contribution in [1.82, 2.24) is 4.90 Å². The van der Waals surface area contributed by atoms with Crippen molar-refractivity contribution >= 4 is 62.5 Å². The van der Waals surface area contributed by atoms with Crippen LogP contribution in [0.25, 0.3) is 6.08 Å². The second-order valence-corrected chi connectivity index (χ2v) is 8.97. The summed E-state index contributed by atoms with van der Waals surface area (Å²) in [6.07, 6.45) is 1.56. The van der Waals surface area contributed by atoms with E-state index in [4.69, 9.17) is 21.1 Å². The third-order valence-corrected chi connectivity index (χ3v) is 6.45. The van der Waals surface area contributed by atoms with Crippen molar-refractivity contribution in [2.75, 3.05) is 14.2 Å². The van der Waals surface area contributed by atoms with Gasteiger partial charge in [0, 0.05) is 9.50 Å². The van der Waals surface area contributed by atoms with E-state index in [0.29, 0.717) is 33.2 Å². The van der Waals surface area contributed by atoms with Gasteiger partial charge >= 0.3 is 5.97 Å². The zero-order valence-electron chi connectivity index (χ0n) is 17.4. The van der Waals surface area contributed by atoms with Gasteiger partial charge in [-0.1, -0.05) is 39.7 Å². The van der Waals surface area contributed by atoms with Crippen molar-refractivity contribution in [1.29, 1.82) is 0 Å². The van der Waals surface area contributed by atoms with Crippen LogP contribution in [0.1, 0.15) is 18.1 Å². The number of hydrogen-bond acceptors (Lipinski definition) is 7. The molecule has 0 saturated carbocycles. The fourth-order valence-corrected chi connectivity index (χ4v) is 4.37. The van der Waals surface area contributed by atoms with Gasteiger partial charge in [-0.2, -0.15) is 0 Å². The van der Waals surface area contributed by atoms with Gasteiger partial charge in [0.15, 0.2) is 11.5 Å². The Morgan fingerprint density at radius 3 is 2.50 bits per heavy atom. The number of rotatable bonds is 7. The van der Waals surface area contributed by atoms with Crippen molar-refractivity contribution in [2.45, 2.75) is 19.6 Å². The van der Waals surface area contributed by atoms with E-state index in [-0.39, 0.29) is 4.91 Å². The zero-order valence-corrected chi connectivity index (χ0v) is 20.5. The van der Waals surface area contributed by atoms with E-state index in [2.05, 4.69) is 20.7 Å². The molecule has 0 spiro atoms. The summed E-state index contributed by atoms with van der Waals surface area (Å²) in [6.45, 7) is 1.75. The second-order valence-electron chi connectivity index (χ2n) is 6.69. The molecular formula is C22H19BrClNO6S. The summed E-state index contributed by atoms with van der Waals surface area (Å²) in [5.74, 6) is -0.278. The SMILES string of the molecule is COC(=O)[C@@H](C)N1C(=O)S/C(=C/c2cc(OC)c(OCc3ccc(Cl)cc3)cc2Br)C1=O. The maximum absolute atomic E-state index is 12.7. The molecule has 1 saturated heterocycles. The predicted molar refractivity (Wildman–Crippen MR) is 126 cm³/mol. The van der Waals surface area contributed by atoms with Crippen LogP contribution in [0, 0.1) is 0 Å². The highest BCUT2D eigenvalue weighted by Gasteiger charge is 2.41. The third-order valence-electron chi connectivity index (χ3n) is 4.63. The van der Waals surface area contributed by atoms with Crippen LogP contribution in [0.5, 0.6) is 11.5 Å². The molecule has 0 radical (unpaired) electrons. The lowest BCUT2D eigenvalue weighted by Crippen LogP contribution is -2.42. The number of imide groups is 1. The maximum Gasteiger partial charge on any atom is 0.328 e. The normalized spacial score (nSPS) is 15.8. The zero-order chi connectivity index (χ0) is 23.4. The van der Waals surface area contributed by atoms with Crippen molar-refractivity contribution < 1.29 is 28.6 Å². The number of nitrogens with zero attached hydrogens (tertiary/aromatic N) is 1. The number of thioether (sulfide) groups is 1. The standard InChI is InChI=1S/C22H19BrClNO6S/c1-12(21(27)30-3)25-20(26)19(32-22(25)28)9-14-8-17(29-2)18(10-16(14)23)31-11-13-4-6-15(24)7-5-13/h4-10,12H,11H2,1-3H3/b19-9+/t12-/m1/s1. The van der Waals surface area contributed by atoms with Gasteiger partial charge in [0.1, 0.15) is 12.6 Å². The van der Waals surface area contributed by atoms with Gasteiger partial charge in [-0.15, -0.1) is 0 Å². The van der Waals surface area contributed by atoms with E-state index in [1.807, 2.05) is 12.1 Å². The van der Waals surface area contributed by atoms with Crippen LogP contribution in [-0.4, -0.2) is 42.3 Å². The molecule has 32 heavy (non-hydrogen) atoms. The topological polar surface area (TPSA) is 82.1 Å². The van der Waals surface area contributed by atoms with E-state index >= 15 is 0 Å². The molecule has 2 amide bonds. The van der Waals surface area contributed by atoms with Crippen molar-refractivity contribution in [2.24, 2.45) is 0 Å². The Morgan fingerprint density at radius 2 is 1.88 bits per heavy atom. The summed E-state index contributed by atoms with van der Waals surface area (Å²) in [7, 11) is 2.71. The fourth-order valence-electron chi connectivity index (χ4n) is 2.91. The first-order chi connectivity index (χ1) is 15.2. The summed E-state index contributed by atoms with van der Waals surface area (Å²) in [4.78, 5) is 37.9. The largest absolute Gasteiger partial charge is 0.493 e. The summed E-state index contributed by atoms with van der Waals surface area (Å²) in [5.41, 5.74) is 1.54. The molecule has 1 aliphatic rings. The van der Waals surface area contributed by atoms with Crippen LogP contribution in [0.15, 0.2) is 45.8 Å². The first kappa shape index (κ1) is 24.2. The van der Waals surface area contributed by atoms with Crippen LogP contribution >= 0.6 is 39.3 Å². The molecule has 2 aromatic carbocycles. The molecule has 0 bridgehead atoms. The monoisotopic (exact) mass is 539 g/mol. The van der Waals surface area contributed by atoms with Gasteiger partial charge in [-0.3, -0.25) is 14.5 Å². The summed E-state index contributed by atoms with van der Waals surface area (Å²) < 4.78 is 16.6. The molecule has 1 heterocycles. The minimum Gasteiger partial charge on any atom is -0.493 e. The quantitative estimate of drug-likeness (QED) is 0.349. The van der Waals surface area contributed by atoms with Gasteiger partial charge in [0.25, 0.3) is 11.1 Å². The number of benzene rings is 2. The second kappa shape index (κ2) is 10.4. The highest BCUT2D eigenvalue weighted by molar-refractivity contribution is 9.10. The molecule has 1 fully saturated rings. The van der Waals surface area contributed by atoms with Crippen LogP contribution in [0.4, 0.5) is 4.79 Å². The van der Waals surface area contributed by atoms with Gasteiger partial charge in [0.2, 0.25) is 0 Å². The fraction of sp³-hybridized carbons (Fsp3) is 0.227. The van der Waals surface area contributed by atoms with Gasteiger partial charge in [0.05, 0.1) is 19.1 Å². The lowest BCUT2D eigenvalue weighted by Gasteiger charge is -2.18. The Morgan fingerprint density at radius 1 is 1.19 bits per heavy atom. The Kier molecular flexibility index (Phi) is 7.86. The van der Waals surface area contributed by atoms with E-state index in [0.717, 1.165) is 22.2 Å². The average Bonchev–Trinajstić information content (AvgIpc) is 3.06. The number of halogens is 2. The summed E-state index contributed by atoms with van der Waals surface area (Å²) in [5, 5.41) is 0.106. The lowest BCUT2D eigenvalue weighted by atomic mass is 10.1. The Balaban J connectivity index is 1.83. The first-order valence-corrected chi connectivity index (χ1v) is 11.3. The van der Waals surface area contributed by atoms with Gasteiger partial charge < -0.3 is 14.2 Å². The van der Waals surface area contributed by atoms with E-state index in [1.54, 1.807) is 30.3 Å². The molecule has 1 aliphatic heterocycles. The number of ether oxygens (including phenoxy) is 3. The van der Waals surface area contributed by atoms with E-state index in [9.17, 15) is 14.4 Å². The van der Waals surface area contributed by atoms with Crippen molar-refractivity contribution in [3.8, 4) is 11.5 Å². The van der Waals surface area contributed by atoms with Gasteiger partial charge in [-0.05, 0) is 60.2 Å². The van der Waals surface area contributed by atoms with Crippen molar-refractivity contribution in [3.63, 3.8) is 0 Å². The summed E-state index contributed by atoms with van der Waals surface area (Å²) >= 11 is 10.1. The Bertz CT molecular complexity index is 1090. The van der Waals surface area contributed by atoms with Crippen LogP contribution in [-0.2, 0) is 20.9 Å². The molecule has 0 N–H and O–H groups in total. The smallest absolute Gasteiger partial charge is 0.328 e. The van der Waals surface area contributed by atoms with Crippen molar-refractivity contribution in [3.05, 3.63) is 61.9 Å².